The number of rotatable bonds is 6. The number of hydrogen-bond acceptors (Lipinski definition) is 6. The summed E-state index contributed by atoms with van der Waals surface area (Å²) in [4.78, 5) is 30.6. The third-order valence-corrected chi connectivity index (χ3v) is 5.38. The largest absolute Gasteiger partial charge is 0.379 e. The Bertz CT molecular complexity index is 898. The van der Waals surface area contributed by atoms with Gasteiger partial charge in [0.25, 0.3) is 5.91 Å². The van der Waals surface area contributed by atoms with Crippen LogP contribution in [0.15, 0.2) is 30.5 Å². The Morgan fingerprint density at radius 3 is 2.73 bits per heavy atom. The summed E-state index contributed by atoms with van der Waals surface area (Å²) in [6, 6.07) is 6.19. The number of aromatic nitrogens is 3. The van der Waals surface area contributed by atoms with Gasteiger partial charge in [-0.2, -0.15) is 0 Å². The Kier molecular flexibility index (Phi) is 6.34. The molecule has 30 heavy (non-hydrogen) atoms. The molecular weight excluding hydrogens is 391 g/mol. The molecule has 3 heterocycles. The highest BCUT2D eigenvalue weighted by atomic mass is 19.1. The summed E-state index contributed by atoms with van der Waals surface area (Å²) in [6.07, 6.45) is 1.63. The molecule has 1 aromatic heterocycles. The molecule has 0 unspecified atom stereocenters. The number of amides is 2. The Balaban J connectivity index is 1.29. The van der Waals surface area contributed by atoms with Gasteiger partial charge in [-0.15, -0.1) is 5.10 Å². The molecule has 0 saturated carbocycles. The summed E-state index contributed by atoms with van der Waals surface area (Å²) in [5.41, 5.74) is 0.967. The molecule has 0 atom stereocenters. The van der Waals surface area contributed by atoms with Gasteiger partial charge in [0.2, 0.25) is 5.91 Å². The first kappa shape index (κ1) is 20.4. The Morgan fingerprint density at radius 2 is 1.97 bits per heavy atom. The number of morpholine rings is 1. The molecule has 2 aromatic rings. The molecule has 0 bridgehead atoms. The van der Waals surface area contributed by atoms with E-state index in [2.05, 4.69) is 15.2 Å². The van der Waals surface area contributed by atoms with E-state index in [4.69, 9.17) is 4.74 Å². The van der Waals surface area contributed by atoms with E-state index >= 15 is 0 Å². The van der Waals surface area contributed by atoms with Crippen LogP contribution in [0, 0.1) is 5.82 Å². The summed E-state index contributed by atoms with van der Waals surface area (Å²) >= 11 is 0. The predicted octanol–water partition coefficient (Wildman–Crippen LogP) is 0.234. The smallest absolute Gasteiger partial charge is 0.276 e. The van der Waals surface area contributed by atoms with Crippen molar-refractivity contribution in [3.63, 3.8) is 0 Å². The van der Waals surface area contributed by atoms with Gasteiger partial charge in [-0.3, -0.25) is 19.2 Å². The van der Waals surface area contributed by atoms with Gasteiger partial charge >= 0.3 is 0 Å². The molecule has 1 aromatic carbocycles. The zero-order valence-electron chi connectivity index (χ0n) is 16.7. The van der Waals surface area contributed by atoms with Crippen molar-refractivity contribution in [1.29, 1.82) is 0 Å². The van der Waals surface area contributed by atoms with Gasteiger partial charge in [0.15, 0.2) is 5.69 Å². The molecule has 9 nitrogen and oxygen atoms in total. The van der Waals surface area contributed by atoms with Crippen molar-refractivity contribution in [3.05, 3.63) is 47.5 Å². The van der Waals surface area contributed by atoms with Crippen LogP contribution in [-0.2, 0) is 22.6 Å². The first-order valence-electron chi connectivity index (χ1n) is 10.1. The molecule has 0 aliphatic carbocycles. The van der Waals surface area contributed by atoms with Crippen LogP contribution in [0.2, 0.25) is 0 Å². The first-order chi connectivity index (χ1) is 14.6. The highest BCUT2D eigenvalue weighted by Crippen LogP contribution is 2.13. The third-order valence-electron chi connectivity index (χ3n) is 5.38. The molecule has 160 valence electrons. The number of benzene rings is 1. The monoisotopic (exact) mass is 416 g/mol. The van der Waals surface area contributed by atoms with Crippen LogP contribution in [0.4, 0.5) is 4.39 Å². The number of hydrogen-bond donors (Lipinski definition) is 0. The maximum Gasteiger partial charge on any atom is 0.276 e. The minimum absolute atomic E-state index is 0.0191. The maximum absolute atomic E-state index is 13.4. The van der Waals surface area contributed by atoms with E-state index in [0.717, 1.165) is 38.4 Å². The molecule has 2 aliphatic rings. The number of carbonyl (C=O) groups is 2. The average Bonchev–Trinajstić information content (AvgIpc) is 3.23. The van der Waals surface area contributed by atoms with Crippen LogP contribution in [-0.4, -0.2) is 94.0 Å². The van der Waals surface area contributed by atoms with Gasteiger partial charge in [0.05, 0.1) is 26.0 Å². The Hall–Kier alpha value is -2.85. The van der Waals surface area contributed by atoms with E-state index in [-0.39, 0.29) is 29.9 Å². The van der Waals surface area contributed by atoms with Crippen molar-refractivity contribution in [2.75, 3.05) is 52.5 Å². The van der Waals surface area contributed by atoms with E-state index in [1.165, 1.54) is 17.0 Å². The lowest BCUT2D eigenvalue weighted by molar-refractivity contribution is -0.135. The zero-order valence-corrected chi connectivity index (χ0v) is 16.7. The van der Waals surface area contributed by atoms with Gasteiger partial charge in [0.1, 0.15) is 12.4 Å². The lowest BCUT2D eigenvalue weighted by atomic mass is 10.2. The number of ether oxygens (including phenoxy) is 1. The number of nitrogens with zero attached hydrogens (tertiary/aromatic N) is 6. The molecule has 0 radical (unpaired) electrons. The fraction of sp³-hybridized carbons (Fsp3) is 0.500. The number of carbonyl (C=O) groups excluding carboxylic acids is 2. The van der Waals surface area contributed by atoms with Crippen LogP contribution in [0.5, 0.6) is 0 Å². The van der Waals surface area contributed by atoms with Gasteiger partial charge in [0, 0.05) is 39.3 Å². The van der Waals surface area contributed by atoms with Crippen molar-refractivity contribution >= 4 is 11.8 Å². The Morgan fingerprint density at radius 1 is 1.13 bits per heavy atom. The van der Waals surface area contributed by atoms with Crippen LogP contribution in [0.25, 0.3) is 0 Å². The highest BCUT2D eigenvalue weighted by Gasteiger charge is 2.29. The molecule has 4 rings (SSSR count). The molecule has 2 aliphatic heterocycles. The topological polar surface area (TPSA) is 83.8 Å². The van der Waals surface area contributed by atoms with E-state index in [1.807, 2.05) is 0 Å². The lowest BCUT2D eigenvalue weighted by Gasteiger charge is -2.34. The van der Waals surface area contributed by atoms with Crippen molar-refractivity contribution < 1.29 is 18.7 Å². The van der Waals surface area contributed by atoms with Crippen LogP contribution in [0.1, 0.15) is 16.1 Å². The highest BCUT2D eigenvalue weighted by molar-refractivity contribution is 5.95. The van der Waals surface area contributed by atoms with Gasteiger partial charge in [-0.1, -0.05) is 17.3 Å². The summed E-state index contributed by atoms with van der Waals surface area (Å²) < 4.78 is 20.3. The fourth-order valence-electron chi connectivity index (χ4n) is 3.64. The van der Waals surface area contributed by atoms with Gasteiger partial charge < -0.3 is 14.5 Å². The van der Waals surface area contributed by atoms with Crippen molar-refractivity contribution in [2.45, 2.75) is 13.1 Å². The van der Waals surface area contributed by atoms with E-state index in [1.54, 1.807) is 27.9 Å². The van der Waals surface area contributed by atoms with Crippen LogP contribution >= 0.6 is 0 Å². The van der Waals surface area contributed by atoms with E-state index in [9.17, 15) is 14.0 Å². The zero-order chi connectivity index (χ0) is 20.9. The number of halogens is 1. The average molecular weight is 416 g/mol. The van der Waals surface area contributed by atoms with E-state index < -0.39 is 0 Å². The number of piperazine rings is 1. The summed E-state index contributed by atoms with van der Waals surface area (Å²) in [6.45, 7) is 5.82. The SMILES string of the molecule is O=C1CN(C(=O)c2cn(CCN3CCOCC3)nn2)CCN1Cc1cccc(F)c1. The molecule has 2 saturated heterocycles. The fourth-order valence-corrected chi connectivity index (χ4v) is 3.64. The Labute approximate surface area is 174 Å². The molecular formula is C20H25FN6O3. The van der Waals surface area contributed by atoms with Gasteiger partial charge in [-0.05, 0) is 17.7 Å². The minimum Gasteiger partial charge on any atom is -0.379 e. The summed E-state index contributed by atoms with van der Waals surface area (Å²) in [5, 5.41) is 8.03. The lowest BCUT2D eigenvalue weighted by Crippen LogP contribution is -2.51. The van der Waals surface area contributed by atoms with Gasteiger partial charge in [-0.25, -0.2) is 4.39 Å². The van der Waals surface area contributed by atoms with Crippen molar-refractivity contribution in [1.82, 2.24) is 29.7 Å². The summed E-state index contributed by atoms with van der Waals surface area (Å²) in [5.74, 6) is -0.796. The van der Waals surface area contributed by atoms with Crippen molar-refractivity contribution in [3.8, 4) is 0 Å². The van der Waals surface area contributed by atoms with Crippen LogP contribution < -0.4 is 0 Å². The molecule has 2 fully saturated rings. The van der Waals surface area contributed by atoms with Crippen molar-refractivity contribution in [2.24, 2.45) is 0 Å². The normalized spacial score (nSPS) is 18.1. The standard InChI is InChI=1S/C20H25FN6O3/c21-17-3-1-2-16(12-17)13-25-5-6-26(15-19(25)28)20(29)18-14-27(23-22-18)7-4-24-8-10-30-11-9-24/h1-3,12,14H,4-11,13,15H2. The maximum atomic E-state index is 13.4. The first-order valence-corrected chi connectivity index (χ1v) is 10.1. The second kappa shape index (κ2) is 9.31. The quantitative estimate of drug-likeness (QED) is 0.671. The van der Waals surface area contributed by atoms with Crippen LogP contribution in [0.3, 0.4) is 0 Å². The predicted molar refractivity (Wildman–Crippen MR) is 105 cm³/mol. The molecule has 0 N–H and O–H groups in total. The molecule has 10 heteroatoms. The molecule has 2 amide bonds. The molecule has 0 spiro atoms. The van der Waals surface area contributed by atoms with E-state index in [0.29, 0.717) is 26.2 Å². The minimum atomic E-state index is -0.328. The summed E-state index contributed by atoms with van der Waals surface area (Å²) in [7, 11) is 0. The third kappa shape index (κ3) is 5.00. The second-order valence-corrected chi connectivity index (χ2v) is 7.49. The second-order valence-electron chi connectivity index (χ2n) is 7.49.